The molecule has 32 nitrogen and oxygen atoms in total. The number of ether oxygens (including phenoxy) is 4. The lowest BCUT2D eigenvalue weighted by Crippen LogP contribution is -2.16. The van der Waals surface area contributed by atoms with Crippen LogP contribution in [0.3, 0.4) is 0 Å². The number of aryl methyl sites for hydroxylation is 5. The fourth-order valence-corrected chi connectivity index (χ4v) is 15.8. The van der Waals surface area contributed by atoms with Gasteiger partial charge < -0.3 is 63.1 Å². The molecule has 20 rings (SSSR count). The lowest BCUT2D eigenvalue weighted by atomic mass is 10.1. The molecule has 6 aromatic carbocycles. The summed E-state index contributed by atoms with van der Waals surface area (Å²) in [7, 11) is 0. The number of aromatic nitrogens is 16. The average molecular weight is 1630 g/mol. The van der Waals surface area contributed by atoms with E-state index < -0.39 is 23.6 Å². The van der Waals surface area contributed by atoms with E-state index in [-0.39, 0.29) is 5.69 Å². The summed E-state index contributed by atoms with van der Waals surface area (Å²) in [4.78, 5) is 86.0. The molecule has 0 radical (unpaired) electrons. The van der Waals surface area contributed by atoms with Gasteiger partial charge in [0.2, 0.25) is 17.6 Å². The quantitative estimate of drug-likeness (QED) is 0.0342. The second-order valence-electron chi connectivity index (χ2n) is 28.6. The van der Waals surface area contributed by atoms with Crippen molar-refractivity contribution in [3.63, 3.8) is 0 Å². The van der Waals surface area contributed by atoms with Gasteiger partial charge in [-0.05, 0) is 117 Å². The van der Waals surface area contributed by atoms with Crippen LogP contribution in [0.2, 0.25) is 0 Å². The first-order valence-electron chi connectivity index (χ1n) is 39.4. The van der Waals surface area contributed by atoms with Gasteiger partial charge in [-0.3, -0.25) is 28.7 Å². The van der Waals surface area contributed by atoms with Crippen molar-refractivity contribution in [2.75, 3.05) is 47.7 Å². The molecule has 16 aromatic rings. The molecule has 33 heteroatoms. The second-order valence-corrected chi connectivity index (χ2v) is 29.8. The number of nitrogens with two attached hydrogens (primary N) is 4. The first-order valence-corrected chi connectivity index (χ1v) is 40.2. The van der Waals surface area contributed by atoms with Crippen molar-refractivity contribution in [3.8, 4) is 69.1 Å². The van der Waals surface area contributed by atoms with E-state index >= 15 is 0 Å². The van der Waals surface area contributed by atoms with Gasteiger partial charge in [-0.15, -0.1) is 26.6 Å². The van der Waals surface area contributed by atoms with E-state index in [4.69, 9.17) is 61.8 Å². The average Bonchev–Trinajstić information content (AvgIpc) is 1.46. The highest BCUT2D eigenvalue weighted by molar-refractivity contribution is 7.20. The molecule has 121 heavy (non-hydrogen) atoms. The van der Waals surface area contributed by atoms with Crippen molar-refractivity contribution < 1.29 is 38.1 Å². The fraction of sp³-hybridized carbons (Fsp3) is 0.193. The molecule has 0 saturated carbocycles. The van der Waals surface area contributed by atoms with Crippen LogP contribution >= 0.6 is 11.3 Å². The normalized spacial score (nSPS) is 12.9. The molecule has 0 unspecified atom stereocenters. The number of nitrogens with one attached hydrogen (secondary N) is 5. The summed E-state index contributed by atoms with van der Waals surface area (Å²) in [6.07, 6.45) is 8.57. The molecule has 0 saturated heterocycles. The number of primary amides is 4. The minimum atomic E-state index is -0.581. The predicted molar refractivity (Wildman–Crippen MR) is 457 cm³/mol. The molecule has 0 bridgehead atoms. The van der Waals surface area contributed by atoms with Crippen LogP contribution in [0, 0.1) is 6.92 Å². The van der Waals surface area contributed by atoms with Gasteiger partial charge >= 0.3 is 0 Å². The van der Waals surface area contributed by atoms with Crippen LogP contribution in [0.25, 0.3) is 78.2 Å². The minimum absolute atomic E-state index is 0.245. The fourth-order valence-electron chi connectivity index (χ4n) is 14.6. The van der Waals surface area contributed by atoms with E-state index in [0.717, 1.165) is 128 Å². The van der Waals surface area contributed by atoms with Crippen molar-refractivity contribution in [3.05, 3.63) is 267 Å². The Morgan fingerprint density at radius 2 is 0.843 bits per heavy atom. The number of pyridine rings is 2. The molecule has 0 atom stereocenters. The van der Waals surface area contributed by atoms with Gasteiger partial charge in [-0.25, -0.2) is 44.4 Å². The molecular formula is C88H80N24O8S. The zero-order valence-corrected chi connectivity index (χ0v) is 66.3. The van der Waals surface area contributed by atoms with Crippen LogP contribution in [0.15, 0.2) is 194 Å². The Balaban J connectivity index is 0.000000115. The number of carbonyl (C=O) groups is 4. The van der Waals surface area contributed by atoms with Crippen LogP contribution in [-0.2, 0) is 51.9 Å². The summed E-state index contributed by atoms with van der Waals surface area (Å²) < 4.78 is 27.5. The van der Waals surface area contributed by atoms with E-state index in [1.807, 2.05) is 122 Å². The number of benzene rings is 6. The van der Waals surface area contributed by atoms with Crippen molar-refractivity contribution in [2.45, 2.75) is 84.5 Å². The molecule has 606 valence electrons. The number of nitrogens with zero attached hydrogens (tertiary/aromatic N) is 15. The van der Waals surface area contributed by atoms with Crippen LogP contribution in [0.5, 0.6) is 23.0 Å². The minimum Gasteiger partial charge on any atom is -0.488 e. The molecule has 13 N–H and O–H groups in total. The van der Waals surface area contributed by atoms with Gasteiger partial charge in [0.15, 0.2) is 75.1 Å². The number of thiophene rings is 1. The van der Waals surface area contributed by atoms with Crippen LogP contribution in [0.4, 0.5) is 23.3 Å². The molecule has 0 aliphatic carbocycles. The Kier molecular flexibility index (Phi) is 22.7. The highest BCUT2D eigenvalue weighted by Gasteiger charge is 2.30. The van der Waals surface area contributed by atoms with Gasteiger partial charge in [0.25, 0.3) is 17.7 Å². The molecule has 4 aliphatic rings. The maximum absolute atomic E-state index is 11.9. The number of H-pyrrole nitrogens is 1. The second kappa shape index (κ2) is 35.2. The number of carbonyl (C=O) groups excluding carboxylic acids is 4. The first kappa shape index (κ1) is 78.1. The largest absolute Gasteiger partial charge is 0.488 e. The summed E-state index contributed by atoms with van der Waals surface area (Å²) in [5, 5.41) is 39.2. The van der Waals surface area contributed by atoms with Crippen molar-refractivity contribution >= 4 is 90.4 Å². The van der Waals surface area contributed by atoms with Gasteiger partial charge in [0.1, 0.15) is 11.4 Å². The Bertz CT molecular complexity index is 6100. The molecule has 14 heterocycles. The number of hydrogen-bond donors (Lipinski definition) is 9. The smallest absolute Gasteiger partial charge is 0.267 e. The van der Waals surface area contributed by atoms with Gasteiger partial charge in [-0.1, -0.05) is 157 Å². The summed E-state index contributed by atoms with van der Waals surface area (Å²) in [6, 6.07) is 59.8. The summed E-state index contributed by atoms with van der Waals surface area (Å²) in [6.45, 7) is 7.05. The number of para-hydroxylation sites is 1. The van der Waals surface area contributed by atoms with Crippen LogP contribution < -0.4 is 63.1 Å². The van der Waals surface area contributed by atoms with Gasteiger partial charge in [-0.2, -0.15) is 5.10 Å². The third-order valence-corrected chi connectivity index (χ3v) is 21.6. The summed E-state index contributed by atoms with van der Waals surface area (Å²) in [5.74, 6) is 5.65. The highest BCUT2D eigenvalue weighted by Crippen LogP contribution is 2.43. The van der Waals surface area contributed by atoms with Crippen molar-refractivity contribution in [1.29, 1.82) is 0 Å². The third kappa shape index (κ3) is 16.9. The Morgan fingerprint density at radius 3 is 1.32 bits per heavy atom. The topological polar surface area (TPSA) is 450 Å². The number of hydrogen-bond acceptors (Lipinski definition) is 26. The number of rotatable bonds is 20. The lowest BCUT2D eigenvalue weighted by molar-refractivity contribution is 0.0986. The molecular weight excluding hydrogens is 1550 g/mol. The zero-order valence-electron chi connectivity index (χ0n) is 65.5. The Hall–Kier alpha value is -15.4. The van der Waals surface area contributed by atoms with Gasteiger partial charge in [0.05, 0.1) is 76.9 Å². The first-order chi connectivity index (χ1) is 59.2. The predicted octanol–water partition coefficient (Wildman–Crippen LogP) is 12.2. The SMILES string of the molecule is Cc1sc2c(C(N)=O)cccc2c1-c1nc2c(c(NCc3ccccc3)n1)OCCC2.NC(=O)c1cccc2c(-c3nc4c(c(NCc5ccccc5)n3)OCCC4)n[nH]c12.NC(=O)c1cccc2c(-c3nc4c(c(NCc5ccccc5)n3)OCCC4)nnn12.NC(=O)c1cccn2c(-c3nc4c(c(NCc5ccccc5)n3)OCCC4)nnc12. The van der Waals surface area contributed by atoms with E-state index in [2.05, 4.69) is 96.2 Å². The monoisotopic (exact) mass is 1630 g/mol. The number of fused-ring (bicyclic) bond motifs is 8. The molecule has 4 amide bonds. The molecule has 0 fully saturated rings. The van der Waals surface area contributed by atoms with E-state index in [1.165, 1.54) is 4.52 Å². The lowest BCUT2D eigenvalue weighted by Gasteiger charge is -2.20. The number of anilines is 4. The van der Waals surface area contributed by atoms with E-state index in [0.29, 0.717) is 167 Å². The van der Waals surface area contributed by atoms with E-state index in [9.17, 15) is 19.2 Å². The standard InChI is InChI=1S/C24H22N4O2S.C22H20N6O2.2C21H19N7O2/c1-14-19(16-9-5-10-17(22(25)29)21(16)31-14)23-27-18-11-6-12-30-20(18)24(28-23)26-13-15-7-3-2-4-8-15;23-20(29)15-9-4-8-14-17(15)27-28-18(14)21-25-16-10-5-11-30-19(16)22(26-21)24-12-13-6-2-1-3-7-13;22-19(29)16-10-4-9-15-17(26-27-28(15)16)20-24-14-8-5-11-30-18(14)21(25-20)23-12-13-6-2-1-3-7-13;22-17(29)14-8-4-10-28-20(14)26-27-21(28)19-24-15-9-5-11-30-16(15)18(25-19)23-12-13-6-2-1-3-7-13/h2-5,7-10H,6,11-13H2,1H3,(H2,25,29)(H,26,27,28);1-4,6-9H,5,10-12H2,(H2,23,29)(H,27,28)(H,24,25,26);1-4,6-7,9-10H,5,8,11-12H2,(H2,22,29)(H,23,24,25);1-4,6-8,10H,5,9,11-12H2,(H2,22,29)(H,23,24,25). The summed E-state index contributed by atoms with van der Waals surface area (Å²) >= 11 is 1.55. The summed E-state index contributed by atoms with van der Waals surface area (Å²) in [5.41, 5.74) is 35.0. The number of amides is 4. The van der Waals surface area contributed by atoms with E-state index in [1.54, 1.807) is 70.5 Å². The van der Waals surface area contributed by atoms with Crippen LogP contribution in [-0.4, -0.2) is 130 Å². The third-order valence-electron chi connectivity index (χ3n) is 20.4. The van der Waals surface area contributed by atoms with Crippen molar-refractivity contribution in [2.24, 2.45) is 22.9 Å². The molecule has 10 aromatic heterocycles. The molecule has 0 spiro atoms. The maximum Gasteiger partial charge on any atom is 0.267 e. The Morgan fingerprint density at radius 1 is 0.421 bits per heavy atom. The highest BCUT2D eigenvalue weighted by atomic mass is 32.1. The maximum atomic E-state index is 11.9. The van der Waals surface area contributed by atoms with Crippen molar-refractivity contribution in [1.82, 2.24) is 79.5 Å². The van der Waals surface area contributed by atoms with Crippen LogP contribution in [0.1, 0.15) is 117 Å². The number of aromatic amines is 1. The zero-order chi connectivity index (χ0) is 82.9. The molecule has 4 aliphatic heterocycles. The van der Waals surface area contributed by atoms with Gasteiger partial charge in [0, 0.05) is 58.3 Å². The Labute approximate surface area is 695 Å².